The zero-order valence-electron chi connectivity index (χ0n) is 15.9. The lowest BCUT2D eigenvalue weighted by atomic mass is 10.0. The monoisotopic (exact) mass is 422 g/mol. The molecule has 0 aliphatic heterocycles. The fourth-order valence-corrected chi connectivity index (χ4v) is 4.05. The van der Waals surface area contributed by atoms with Gasteiger partial charge >= 0.3 is 0 Å². The molecule has 5 heteroatoms. The number of benzene rings is 3. The van der Waals surface area contributed by atoms with Crippen LogP contribution in [-0.4, -0.2) is 20.8 Å². The number of nitrogens with zero attached hydrogens (tertiary/aromatic N) is 2. The van der Waals surface area contributed by atoms with Crippen LogP contribution in [0.3, 0.4) is 0 Å². The maximum absolute atomic E-state index is 10.3. The summed E-state index contributed by atoms with van der Waals surface area (Å²) in [5.41, 5.74) is 4.40. The first kappa shape index (κ1) is 19.7. The Morgan fingerprint density at radius 2 is 1.38 bits per heavy atom. The molecule has 146 valence electrons. The molecule has 1 atom stereocenters. The molecule has 3 aromatic carbocycles. The van der Waals surface area contributed by atoms with E-state index < -0.39 is 6.10 Å². The van der Waals surface area contributed by atoms with Gasteiger partial charge in [0.2, 0.25) is 0 Å². The van der Waals surface area contributed by atoms with Crippen LogP contribution >= 0.6 is 23.2 Å². The summed E-state index contributed by atoms with van der Waals surface area (Å²) >= 11 is 13.1. The smallest absolute Gasteiger partial charge is 0.144 e. The number of aliphatic hydroxyl groups is 1. The summed E-state index contributed by atoms with van der Waals surface area (Å²) in [5, 5.41) is 11.3. The van der Waals surface area contributed by atoms with Crippen molar-refractivity contribution in [2.45, 2.75) is 19.6 Å². The second-order valence-electron chi connectivity index (χ2n) is 6.92. The number of halogens is 2. The van der Waals surface area contributed by atoms with Gasteiger partial charge in [0.15, 0.2) is 0 Å². The fourth-order valence-electron chi connectivity index (χ4n) is 3.48. The zero-order valence-corrected chi connectivity index (χ0v) is 17.4. The van der Waals surface area contributed by atoms with E-state index in [1.54, 1.807) is 19.1 Å². The van der Waals surface area contributed by atoms with Gasteiger partial charge in [-0.05, 0) is 19.1 Å². The van der Waals surface area contributed by atoms with E-state index in [-0.39, 0.29) is 0 Å². The van der Waals surface area contributed by atoms with E-state index in [9.17, 15) is 5.11 Å². The third kappa shape index (κ3) is 3.95. The predicted molar refractivity (Wildman–Crippen MR) is 120 cm³/mol. The molecule has 0 spiro atoms. The van der Waals surface area contributed by atoms with Crippen LogP contribution in [0.2, 0.25) is 10.0 Å². The first-order chi connectivity index (χ1) is 14.1. The van der Waals surface area contributed by atoms with Crippen molar-refractivity contribution in [3.63, 3.8) is 0 Å². The molecular formula is C24H20Cl2N2O. The average molecular weight is 423 g/mol. The van der Waals surface area contributed by atoms with Crippen LogP contribution in [-0.2, 0) is 6.54 Å². The normalized spacial score (nSPS) is 12.1. The molecular weight excluding hydrogens is 403 g/mol. The minimum absolute atomic E-state index is 0.362. The maximum atomic E-state index is 10.3. The van der Waals surface area contributed by atoms with Crippen molar-refractivity contribution in [1.82, 2.24) is 9.55 Å². The second-order valence-corrected chi connectivity index (χ2v) is 7.74. The van der Waals surface area contributed by atoms with Crippen LogP contribution in [0.25, 0.3) is 33.9 Å². The Labute approximate surface area is 180 Å². The third-order valence-corrected chi connectivity index (χ3v) is 5.33. The molecule has 0 saturated heterocycles. The highest BCUT2D eigenvalue weighted by molar-refractivity contribution is 6.39. The maximum Gasteiger partial charge on any atom is 0.144 e. The molecule has 0 radical (unpaired) electrons. The topological polar surface area (TPSA) is 38.0 Å². The number of rotatable bonds is 5. The Morgan fingerprint density at radius 3 is 1.93 bits per heavy atom. The van der Waals surface area contributed by atoms with Crippen molar-refractivity contribution in [2.24, 2.45) is 0 Å². The first-order valence-electron chi connectivity index (χ1n) is 9.40. The van der Waals surface area contributed by atoms with Gasteiger partial charge in [-0.3, -0.25) is 0 Å². The van der Waals surface area contributed by atoms with E-state index in [1.807, 2.05) is 71.3 Å². The molecule has 4 rings (SSSR count). The van der Waals surface area contributed by atoms with Crippen LogP contribution in [0, 0.1) is 0 Å². The van der Waals surface area contributed by atoms with Gasteiger partial charge in [0, 0.05) is 11.1 Å². The van der Waals surface area contributed by atoms with Crippen LogP contribution in [0.15, 0.2) is 78.9 Å². The molecule has 1 aromatic heterocycles. The summed E-state index contributed by atoms with van der Waals surface area (Å²) < 4.78 is 2.01. The second kappa shape index (κ2) is 8.42. The van der Waals surface area contributed by atoms with Gasteiger partial charge in [-0.25, -0.2) is 4.98 Å². The van der Waals surface area contributed by atoms with Gasteiger partial charge in [0.25, 0.3) is 0 Å². The quantitative estimate of drug-likeness (QED) is 0.394. The molecule has 0 aliphatic rings. The van der Waals surface area contributed by atoms with Crippen LogP contribution in [0.4, 0.5) is 0 Å². The summed E-state index contributed by atoms with van der Waals surface area (Å²) in [6, 6.07) is 25.5. The van der Waals surface area contributed by atoms with Crippen molar-refractivity contribution in [1.29, 1.82) is 0 Å². The highest BCUT2D eigenvalue weighted by Gasteiger charge is 2.24. The Balaban J connectivity index is 2.08. The molecule has 3 nitrogen and oxygen atoms in total. The van der Waals surface area contributed by atoms with Gasteiger partial charge in [-0.15, -0.1) is 0 Å². The first-order valence-corrected chi connectivity index (χ1v) is 10.2. The summed E-state index contributed by atoms with van der Waals surface area (Å²) in [4.78, 5) is 4.98. The molecule has 0 fully saturated rings. The van der Waals surface area contributed by atoms with Gasteiger partial charge in [0.1, 0.15) is 5.82 Å². The Kier molecular flexibility index (Phi) is 5.72. The van der Waals surface area contributed by atoms with E-state index in [1.165, 1.54) is 0 Å². The van der Waals surface area contributed by atoms with Gasteiger partial charge < -0.3 is 9.67 Å². The fraction of sp³-hybridized carbons (Fsp3) is 0.125. The Hall–Kier alpha value is -2.59. The minimum Gasteiger partial charge on any atom is -0.392 e. The van der Waals surface area contributed by atoms with Crippen molar-refractivity contribution >= 4 is 23.2 Å². The molecule has 0 amide bonds. The average Bonchev–Trinajstić information content (AvgIpc) is 3.07. The minimum atomic E-state index is -0.574. The summed E-state index contributed by atoms with van der Waals surface area (Å²) in [5.74, 6) is 0.638. The third-order valence-electron chi connectivity index (χ3n) is 4.70. The molecule has 1 unspecified atom stereocenters. The van der Waals surface area contributed by atoms with Gasteiger partial charge in [-0.2, -0.15) is 0 Å². The molecule has 4 aromatic rings. The lowest BCUT2D eigenvalue weighted by Crippen LogP contribution is -2.14. The molecule has 0 bridgehead atoms. The molecule has 29 heavy (non-hydrogen) atoms. The van der Waals surface area contributed by atoms with Crippen LogP contribution < -0.4 is 0 Å². The SMILES string of the molecule is CC(O)Cn1c(-c2c(Cl)cccc2Cl)nc(-c2ccccc2)c1-c1ccccc1. The largest absolute Gasteiger partial charge is 0.392 e. The van der Waals surface area contributed by atoms with E-state index in [0.29, 0.717) is 28.0 Å². The number of imidazole rings is 1. The summed E-state index contributed by atoms with van der Waals surface area (Å²) in [6.45, 7) is 2.12. The van der Waals surface area contributed by atoms with Crippen LogP contribution in [0.1, 0.15) is 6.92 Å². The molecule has 1 N–H and O–H groups in total. The Bertz CT molecular complexity index is 1100. The lowest BCUT2D eigenvalue weighted by molar-refractivity contribution is 0.174. The lowest BCUT2D eigenvalue weighted by Gasteiger charge is -2.16. The number of hydrogen-bond acceptors (Lipinski definition) is 2. The molecule has 0 aliphatic carbocycles. The van der Waals surface area contributed by atoms with Gasteiger partial charge in [-0.1, -0.05) is 89.9 Å². The van der Waals surface area contributed by atoms with E-state index in [2.05, 4.69) is 0 Å². The van der Waals surface area contributed by atoms with Crippen molar-refractivity contribution in [3.8, 4) is 33.9 Å². The van der Waals surface area contributed by atoms with E-state index in [4.69, 9.17) is 28.2 Å². The summed E-state index contributed by atoms with van der Waals surface area (Å²) in [7, 11) is 0. The van der Waals surface area contributed by atoms with Crippen molar-refractivity contribution < 1.29 is 5.11 Å². The zero-order chi connectivity index (χ0) is 20.4. The molecule has 1 heterocycles. The number of hydrogen-bond donors (Lipinski definition) is 1. The van der Waals surface area contributed by atoms with Crippen molar-refractivity contribution in [2.75, 3.05) is 0 Å². The van der Waals surface area contributed by atoms with Crippen LogP contribution in [0.5, 0.6) is 0 Å². The van der Waals surface area contributed by atoms with E-state index in [0.717, 1.165) is 22.5 Å². The van der Waals surface area contributed by atoms with E-state index >= 15 is 0 Å². The van der Waals surface area contributed by atoms with Crippen molar-refractivity contribution in [3.05, 3.63) is 88.9 Å². The summed E-state index contributed by atoms with van der Waals surface area (Å²) in [6.07, 6.45) is -0.574. The predicted octanol–water partition coefficient (Wildman–Crippen LogP) is 6.57. The molecule has 0 saturated carbocycles. The number of aliphatic hydroxyl groups excluding tert-OH is 1. The van der Waals surface area contributed by atoms with Gasteiger partial charge in [0.05, 0.1) is 39.6 Å². The highest BCUT2D eigenvalue weighted by atomic mass is 35.5. The standard InChI is InChI=1S/C24H20Cl2N2O/c1-16(29)15-28-23(18-11-6-3-7-12-18)22(17-9-4-2-5-10-17)27-24(28)21-19(25)13-8-14-20(21)26/h2-14,16,29H,15H2,1H3. The number of aromatic nitrogens is 2. The Morgan fingerprint density at radius 1 is 0.828 bits per heavy atom. The highest BCUT2D eigenvalue weighted by Crippen LogP contribution is 2.40.